The first-order chi connectivity index (χ1) is 14.0. The summed E-state index contributed by atoms with van der Waals surface area (Å²) in [5.74, 6) is 0.483. The number of carbonyl (C=O) groups excluding carboxylic acids is 2. The normalized spacial score (nSPS) is 15.0. The van der Waals surface area contributed by atoms with Gasteiger partial charge in [0.1, 0.15) is 19.5 Å². The van der Waals surface area contributed by atoms with E-state index in [4.69, 9.17) is 9.57 Å². The molecule has 1 aromatic heterocycles. The zero-order valence-electron chi connectivity index (χ0n) is 15.2. The second-order valence-corrected chi connectivity index (χ2v) is 7.05. The van der Waals surface area contributed by atoms with Gasteiger partial charge in [-0.1, -0.05) is 24.3 Å². The van der Waals surface area contributed by atoms with Gasteiger partial charge in [0.15, 0.2) is 5.82 Å². The highest BCUT2D eigenvalue weighted by atomic mass is 32.2. The topological polar surface area (TPSA) is 99.5 Å². The number of amides is 2. The molecule has 0 radical (unpaired) electrons. The summed E-state index contributed by atoms with van der Waals surface area (Å²) in [7, 11) is 1.49. The zero-order chi connectivity index (χ0) is 20.4. The molecular weight excluding hydrogens is 394 g/mol. The van der Waals surface area contributed by atoms with Crippen LogP contribution in [0.5, 0.6) is 5.75 Å². The molecule has 0 atom stereocenters. The fourth-order valence-electron chi connectivity index (χ4n) is 2.87. The summed E-state index contributed by atoms with van der Waals surface area (Å²) in [6.07, 6.45) is 1.63. The SMILES string of the molecule is COn1c(COc2ccc(C=C3SC(=O)NC3=O)cc2)nc(=O)c2ccccc21. The first-order valence-electron chi connectivity index (χ1n) is 8.58. The van der Waals surface area contributed by atoms with E-state index in [2.05, 4.69) is 10.3 Å². The Morgan fingerprint density at radius 3 is 2.55 bits per heavy atom. The third-order valence-corrected chi connectivity index (χ3v) is 5.00. The minimum Gasteiger partial charge on any atom is -0.486 e. The number of fused-ring (bicyclic) bond motifs is 1. The van der Waals surface area contributed by atoms with E-state index in [1.165, 1.54) is 11.8 Å². The van der Waals surface area contributed by atoms with Crippen molar-refractivity contribution in [2.45, 2.75) is 6.61 Å². The Labute approximate surface area is 169 Å². The van der Waals surface area contributed by atoms with Crippen LogP contribution in [0.25, 0.3) is 17.0 Å². The van der Waals surface area contributed by atoms with E-state index in [9.17, 15) is 14.4 Å². The summed E-state index contributed by atoms with van der Waals surface area (Å²) in [6, 6.07) is 14.0. The van der Waals surface area contributed by atoms with E-state index in [0.717, 1.165) is 17.3 Å². The highest BCUT2D eigenvalue weighted by molar-refractivity contribution is 8.18. The molecule has 29 heavy (non-hydrogen) atoms. The van der Waals surface area contributed by atoms with Crippen molar-refractivity contribution in [1.82, 2.24) is 15.0 Å². The summed E-state index contributed by atoms with van der Waals surface area (Å²) in [5, 5.41) is 2.29. The van der Waals surface area contributed by atoms with Crippen molar-refractivity contribution in [3.8, 4) is 5.75 Å². The minimum atomic E-state index is -0.403. The van der Waals surface area contributed by atoms with Crippen LogP contribution in [0.15, 0.2) is 58.2 Å². The van der Waals surface area contributed by atoms with Gasteiger partial charge in [-0.3, -0.25) is 19.7 Å². The third-order valence-electron chi connectivity index (χ3n) is 4.19. The first kappa shape index (κ1) is 18.8. The number of nitrogens with one attached hydrogen (secondary N) is 1. The lowest BCUT2D eigenvalue weighted by Gasteiger charge is -2.14. The summed E-state index contributed by atoms with van der Waals surface area (Å²) in [4.78, 5) is 44.8. The van der Waals surface area contributed by atoms with Crippen LogP contribution in [0.1, 0.15) is 11.4 Å². The van der Waals surface area contributed by atoms with Crippen LogP contribution in [-0.2, 0) is 11.4 Å². The number of rotatable bonds is 5. The fourth-order valence-corrected chi connectivity index (χ4v) is 3.55. The molecule has 1 fully saturated rings. The molecule has 146 valence electrons. The van der Waals surface area contributed by atoms with E-state index in [0.29, 0.717) is 27.4 Å². The van der Waals surface area contributed by atoms with Crippen molar-refractivity contribution in [2.75, 3.05) is 7.11 Å². The molecular formula is C20H15N3O5S. The lowest BCUT2D eigenvalue weighted by Crippen LogP contribution is -2.23. The Kier molecular flexibility index (Phi) is 5.05. The predicted octanol–water partition coefficient (Wildman–Crippen LogP) is 2.36. The summed E-state index contributed by atoms with van der Waals surface area (Å²) in [5.41, 5.74) is 1.01. The first-order valence-corrected chi connectivity index (χ1v) is 9.39. The standard InChI is InChI=1S/C20H15N3O5S/c1-27-23-15-5-3-2-4-14(15)18(24)21-17(23)11-28-13-8-6-12(7-9-13)10-16-19(25)22-20(26)29-16/h2-10H,11H2,1H3,(H,22,25,26). The van der Waals surface area contributed by atoms with E-state index in [1.807, 2.05) is 6.07 Å². The Morgan fingerprint density at radius 2 is 1.86 bits per heavy atom. The number of aromatic nitrogens is 2. The molecule has 0 aliphatic carbocycles. The van der Waals surface area contributed by atoms with Crippen molar-refractivity contribution in [2.24, 2.45) is 0 Å². The summed E-state index contributed by atoms with van der Waals surface area (Å²) >= 11 is 0.862. The average molecular weight is 409 g/mol. The Bertz CT molecular complexity index is 1200. The van der Waals surface area contributed by atoms with Gasteiger partial charge >= 0.3 is 0 Å². The van der Waals surface area contributed by atoms with Gasteiger partial charge in [-0.15, -0.1) is 0 Å². The molecule has 2 aromatic carbocycles. The molecule has 1 N–H and O–H groups in total. The number of imide groups is 1. The fraction of sp³-hybridized carbons (Fsp3) is 0.100. The van der Waals surface area contributed by atoms with Crippen LogP contribution in [0.4, 0.5) is 4.79 Å². The van der Waals surface area contributed by atoms with Crippen LogP contribution in [0.3, 0.4) is 0 Å². The molecule has 9 heteroatoms. The number of benzene rings is 2. The number of ether oxygens (including phenoxy) is 1. The van der Waals surface area contributed by atoms with Crippen molar-refractivity contribution in [1.29, 1.82) is 0 Å². The molecule has 2 amide bonds. The van der Waals surface area contributed by atoms with Crippen LogP contribution in [0.2, 0.25) is 0 Å². The maximum Gasteiger partial charge on any atom is 0.290 e. The molecule has 0 unspecified atom stereocenters. The molecule has 3 aromatic rings. The van der Waals surface area contributed by atoms with Crippen LogP contribution in [-0.4, -0.2) is 28.0 Å². The highest BCUT2D eigenvalue weighted by Crippen LogP contribution is 2.26. The second-order valence-electron chi connectivity index (χ2n) is 6.04. The maximum absolute atomic E-state index is 12.2. The predicted molar refractivity (Wildman–Crippen MR) is 108 cm³/mol. The number of thioether (sulfide) groups is 1. The maximum atomic E-state index is 12.2. The zero-order valence-corrected chi connectivity index (χ0v) is 16.1. The molecule has 0 saturated carbocycles. The van der Waals surface area contributed by atoms with Crippen molar-refractivity contribution in [3.05, 3.63) is 75.2 Å². The Balaban J connectivity index is 1.53. The van der Waals surface area contributed by atoms with Crippen molar-refractivity contribution in [3.63, 3.8) is 0 Å². The number of carbonyl (C=O) groups is 2. The molecule has 1 aliphatic rings. The lowest BCUT2D eigenvalue weighted by molar-refractivity contribution is -0.115. The van der Waals surface area contributed by atoms with E-state index >= 15 is 0 Å². The van der Waals surface area contributed by atoms with Gasteiger partial charge in [0.2, 0.25) is 0 Å². The van der Waals surface area contributed by atoms with Gasteiger partial charge in [-0.25, -0.2) is 0 Å². The van der Waals surface area contributed by atoms with Gasteiger partial charge in [-0.2, -0.15) is 9.71 Å². The monoisotopic (exact) mass is 409 g/mol. The molecule has 1 aliphatic heterocycles. The largest absolute Gasteiger partial charge is 0.486 e. The third kappa shape index (κ3) is 3.85. The molecule has 2 heterocycles. The van der Waals surface area contributed by atoms with Crippen LogP contribution >= 0.6 is 11.8 Å². The van der Waals surface area contributed by atoms with E-state index < -0.39 is 5.91 Å². The Morgan fingerprint density at radius 1 is 1.10 bits per heavy atom. The van der Waals surface area contributed by atoms with E-state index in [-0.39, 0.29) is 17.4 Å². The van der Waals surface area contributed by atoms with Crippen molar-refractivity contribution < 1.29 is 19.2 Å². The Hall–Kier alpha value is -3.59. The molecule has 4 rings (SSSR count). The number of hydrogen-bond donors (Lipinski definition) is 1. The molecule has 1 saturated heterocycles. The van der Waals surface area contributed by atoms with Gasteiger partial charge in [0.05, 0.1) is 15.8 Å². The number of para-hydroxylation sites is 1. The average Bonchev–Trinajstić information content (AvgIpc) is 3.04. The lowest BCUT2D eigenvalue weighted by atomic mass is 10.2. The van der Waals surface area contributed by atoms with Gasteiger partial charge in [-0.05, 0) is 47.7 Å². The molecule has 8 nitrogen and oxygen atoms in total. The van der Waals surface area contributed by atoms with Crippen LogP contribution in [0, 0.1) is 0 Å². The van der Waals surface area contributed by atoms with Crippen LogP contribution < -0.4 is 20.5 Å². The van der Waals surface area contributed by atoms with Gasteiger partial charge in [0.25, 0.3) is 16.7 Å². The van der Waals surface area contributed by atoms with Crippen molar-refractivity contribution >= 4 is 39.9 Å². The van der Waals surface area contributed by atoms with Gasteiger partial charge < -0.3 is 9.57 Å². The van der Waals surface area contributed by atoms with Gasteiger partial charge in [0, 0.05) is 0 Å². The smallest absolute Gasteiger partial charge is 0.290 e. The number of nitrogens with zero attached hydrogens (tertiary/aromatic N) is 2. The quantitative estimate of drug-likeness (QED) is 0.646. The number of hydrogen-bond acceptors (Lipinski definition) is 7. The second kappa shape index (κ2) is 7.80. The summed E-state index contributed by atoms with van der Waals surface area (Å²) < 4.78 is 7.20. The molecule has 0 bridgehead atoms. The minimum absolute atomic E-state index is 0.0289. The highest BCUT2D eigenvalue weighted by Gasteiger charge is 2.24. The summed E-state index contributed by atoms with van der Waals surface area (Å²) in [6.45, 7) is 0.0289. The van der Waals surface area contributed by atoms with E-state index in [1.54, 1.807) is 48.5 Å². The molecule has 0 spiro atoms.